The molecule has 0 saturated carbocycles. The lowest BCUT2D eigenvalue weighted by Gasteiger charge is -2.07. The number of aromatic nitrogens is 3. The van der Waals surface area contributed by atoms with Crippen LogP contribution in [0, 0.1) is 10.1 Å². The van der Waals surface area contributed by atoms with Gasteiger partial charge in [-0.2, -0.15) is 0 Å². The van der Waals surface area contributed by atoms with Gasteiger partial charge in [-0.25, -0.2) is 0 Å². The molecule has 2 aromatic carbocycles. The number of benzene rings is 2. The summed E-state index contributed by atoms with van der Waals surface area (Å²) < 4.78 is 6.04. The first-order valence-corrected chi connectivity index (χ1v) is 9.71. The number of methoxy groups -OCH3 is 1. The smallest absolute Gasteiger partial charge is 0.278 e. The Bertz CT molecular complexity index is 1160. The minimum absolute atomic E-state index is 0.0308. The minimum Gasteiger partial charge on any atom is -0.495 e. The SMILES string of the molecule is COc1ccccc1Nc1nnc(Sc2ccc([N+](=O)[O-])c3cnccc23)s1. The van der Waals surface area contributed by atoms with Gasteiger partial charge in [0.05, 0.1) is 23.1 Å². The van der Waals surface area contributed by atoms with Crippen molar-refractivity contribution in [3.8, 4) is 5.75 Å². The third-order valence-electron chi connectivity index (χ3n) is 3.90. The Morgan fingerprint density at radius 2 is 2.00 bits per heavy atom. The number of hydrogen-bond acceptors (Lipinski definition) is 9. The molecule has 8 nitrogen and oxygen atoms in total. The van der Waals surface area contributed by atoms with Crippen LogP contribution < -0.4 is 10.1 Å². The van der Waals surface area contributed by atoms with E-state index in [-0.39, 0.29) is 5.69 Å². The zero-order valence-electron chi connectivity index (χ0n) is 14.5. The number of rotatable bonds is 6. The van der Waals surface area contributed by atoms with Crippen LogP contribution in [-0.2, 0) is 0 Å². The van der Waals surface area contributed by atoms with Crippen LogP contribution in [0.25, 0.3) is 10.8 Å². The van der Waals surface area contributed by atoms with E-state index in [1.807, 2.05) is 24.3 Å². The second-order valence-electron chi connectivity index (χ2n) is 5.56. The van der Waals surface area contributed by atoms with Crippen molar-refractivity contribution >= 4 is 50.4 Å². The van der Waals surface area contributed by atoms with Gasteiger partial charge in [0, 0.05) is 28.7 Å². The van der Waals surface area contributed by atoms with Gasteiger partial charge in [-0.05, 0) is 24.3 Å². The Morgan fingerprint density at radius 1 is 1.14 bits per heavy atom. The van der Waals surface area contributed by atoms with Gasteiger partial charge in [0.25, 0.3) is 5.69 Å². The first-order chi connectivity index (χ1) is 13.7. The fraction of sp³-hybridized carbons (Fsp3) is 0.0556. The fourth-order valence-electron chi connectivity index (χ4n) is 2.65. The molecule has 2 aromatic heterocycles. The number of para-hydroxylation sites is 2. The van der Waals surface area contributed by atoms with Crippen molar-refractivity contribution < 1.29 is 9.66 Å². The molecule has 4 aromatic rings. The number of nitro benzene ring substituents is 1. The topological polar surface area (TPSA) is 103 Å². The van der Waals surface area contributed by atoms with Gasteiger partial charge in [0.2, 0.25) is 5.13 Å². The molecule has 0 radical (unpaired) electrons. The van der Waals surface area contributed by atoms with Crippen LogP contribution in [0.15, 0.2) is 64.1 Å². The first-order valence-electron chi connectivity index (χ1n) is 8.08. The molecule has 2 heterocycles. The predicted molar refractivity (Wildman–Crippen MR) is 109 cm³/mol. The van der Waals surface area contributed by atoms with Gasteiger partial charge in [0.1, 0.15) is 5.75 Å². The van der Waals surface area contributed by atoms with Crippen molar-refractivity contribution in [1.29, 1.82) is 0 Å². The summed E-state index contributed by atoms with van der Waals surface area (Å²) in [6.07, 6.45) is 3.12. The van der Waals surface area contributed by atoms with E-state index in [9.17, 15) is 10.1 Å². The van der Waals surface area contributed by atoms with E-state index in [0.29, 0.717) is 20.6 Å². The van der Waals surface area contributed by atoms with Crippen molar-refractivity contribution in [3.05, 3.63) is 65.0 Å². The number of nitro groups is 1. The van der Waals surface area contributed by atoms with E-state index in [0.717, 1.165) is 16.0 Å². The van der Waals surface area contributed by atoms with Crippen LogP contribution in [0.3, 0.4) is 0 Å². The Kier molecular flexibility index (Phi) is 5.04. The van der Waals surface area contributed by atoms with Gasteiger partial charge in [-0.15, -0.1) is 10.2 Å². The lowest BCUT2D eigenvalue weighted by Crippen LogP contribution is -1.93. The third kappa shape index (κ3) is 3.59. The number of ether oxygens (including phenoxy) is 1. The van der Waals surface area contributed by atoms with E-state index in [1.165, 1.54) is 35.4 Å². The van der Waals surface area contributed by atoms with E-state index < -0.39 is 4.92 Å². The summed E-state index contributed by atoms with van der Waals surface area (Å²) in [4.78, 5) is 15.7. The van der Waals surface area contributed by atoms with Gasteiger partial charge >= 0.3 is 0 Å². The standard InChI is InChI=1S/C18H13N5O3S2/c1-26-15-5-3-2-4-13(15)20-17-21-22-18(28-17)27-16-7-6-14(23(24)25)12-10-19-9-8-11(12)16/h2-10H,1H3,(H,20,21). The highest BCUT2D eigenvalue weighted by molar-refractivity contribution is 8.01. The molecule has 10 heteroatoms. The van der Waals surface area contributed by atoms with E-state index >= 15 is 0 Å². The second-order valence-corrected chi connectivity index (χ2v) is 7.83. The zero-order chi connectivity index (χ0) is 19.5. The maximum absolute atomic E-state index is 11.2. The molecule has 140 valence electrons. The van der Waals surface area contributed by atoms with E-state index in [1.54, 1.807) is 25.4 Å². The van der Waals surface area contributed by atoms with Crippen LogP contribution in [0.1, 0.15) is 0 Å². The number of anilines is 2. The van der Waals surface area contributed by atoms with Crippen LogP contribution in [-0.4, -0.2) is 27.2 Å². The molecule has 0 aliphatic carbocycles. The Morgan fingerprint density at radius 3 is 2.82 bits per heavy atom. The van der Waals surface area contributed by atoms with Crippen molar-refractivity contribution in [2.45, 2.75) is 9.24 Å². The second kappa shape index (κ2) is 7.79. The lowest BCUT2D eigenvalue weighted by molar-refractivity contribution is -0.383. The zero-order valence-corrected chi connectivity index (χ0v) is 16.2. The normalized spacial score (nSPS) is 10.8. The molecule has 0 atom stereocenters. The highest BCUT2D eigenvalue weighted by Crippen LogP contribution is 2.39. The molecule has 0 aliphatic heterocycles. The largest absolute Gasteiger partial charge is 0.495 e. The molecular formula is C18H13N5O3S2. The maximum atomic E-state index is 11.2. The van der Waals surface area contributed by atoms with E-state index in [4.69, 9.17) is 4.74 Å². The number of nitrogens with one attached hydrogen (secondary N) is 1. The quantitative estimate of drug-likeness (QED) is 0.353. The number of hydrogen-bond donors (Lipinski definition) is 1. The summed E-state index contributed by atoms with van der Waals surface area (Å²) in [6, 6.07) is 12.5. The Labute approximate surface area is 167 Å². The Balaban J connectivity index is 1.61. The molecule has 0 unspecified atom stereocenters. The van der Waals surface area contributed by atoms with Gasteiger partial charge < -0.3 is 10.1 Å². The highest BCUT2D eigenvalue weighted by atomic mass is 32.2. The van der Waals surface area contributed by atoms with Gasteiger partial charge in [0.15, 0.2) is 4.34 Å². The fourth-order valence-corrected chi connectivity index (χ4v) is 4.51. The maximum Gasteiger partial charge on any atom is 0.278 e. The van der Waals surface area contributed by atoms with Crippen LogP contribution >= 0.6 is 23.1 Å². The van der Waals surface area contributed by atoms with Crippen LogP contribution in [0.4, 0.5) is 16.5 Å². The van der Waals surface area contributed by atoms with Gasteiger partial charge in [-0.3, -0.25) is 15.1 Å². The van der Waals surface area contributed by atoms with Crippen molar-refractivity contribution in [1.82, 2.24) is 15.2 Å². The van der Waals surface area contributed by atoms with Crippen molar-refractivity contribution in [2.24, 2.45) is 0 Å². The molecule has 0 spiro atoms. The summed E-state index contributed by atoms with van der Waals surface area (Å²) in [7, 11) is 1.61. The van der Waals surface area contributed by atoms with Crippen molar-refractivity contribution in [2.75, 3.05) is 12.4 Å². The first kappa shape index (κ1) is 18.1. The third-order valence-corrected chi connectivity index (χ3v) is 5.87. The van der Waals surface area contributed by atoms with Crippen LogP contribution in [0.5, 0.6) is 5.75 Å². The monoisotopic (exact) mass is 411 g/mol. The summed E-state index contributed by atoms with van der Waals surface area (Å²) in [5.41, 5.74) is 0.827. The predicted octanol–water partition coefficient (Wildman–Crippen LogP) is 4.90. The molecular weight excluding hydrogens is 398 g/mol. The summed E-state index contributed by atoms with van der Waals surface area (Å²) in [5.74, 6) is 0.709. The average molecular weight is 411 g/mol. The summed E-state index contributed by atoms with van der Waals surface area (Å²) >= 11 is 2.79. The molecule has 1 N–H and O–H groups in total. The molecule has 0 fully saturated rings. The number of nitrogens with zero attached hydrogens (tertiary/aromatic N) is 4. The molecule has 0 aliphatic rings. The molecule has 0 amide bonds. The van der Waals surface area contributed by atoms with E-state index in [2.05, 4.69) is 20.5 Å². The Hall–Kier alpha value is -3.24. The number of non-ortho nitro benzene ring substituents is 1. The summed E-state index contributed by atoms with van der Waals surface area (Å²) in [5, 5.41) is 24.7. The van der Waals surface area contributed by atoms with Crippen LogP contribution in [0.2, 0.25) is 0 Å². The molecule has 4 rings (SSSR count). The van der Waals surface area contributed by atoms with Gasteiger partial charge in [-0.1, -0.05) is 35.2 Å². The molecule has 28 heavy (non-hydrogen) atoms. The number of fused-ring (bicyclic) bond motifs is 1. The average Bonchev–Trinajstić information content (AvgIpc) is 3.15. The minimum atomic E-state index is -0.404. The molecule has 0 saturated heterocycles. The van der Waals surface area contributed by atoms with Crippen molar-refractivity contribution in [3.63, 3.8) is 0 Å². The number of pyridine rings is 1. The summed E-state index contributed by atoms with van der Waals surface area (Å²) in [6.45, 7) is 0. The molecule has 0 bridgehead atoms. The highest BCUT2D eigenvalue weighted by Gasteiger charge is 2.16. The lowest BCUT2D eigenvalue weighted by atomic mass is 10.1.